The van der Waals surface area contributed by atoms with Crippen molar-refractivity contribution in [3.63, 3.8) is 0 Å². The minimum absolute atomic E-state index is 0.0489. The Bertz CT molecular complexity index is 823. The Labute approximate surface area is 150 Å². The van der Waals surface area contributed by atoms with Crippen LogP contribution in [0, 0.1) is 12.8 Å². The Balaban J connectivity index is 2.10. The number of carbonyl (C=O) groups is 1. The lowest BCUT2D eigenvalue weighted by atomic mass is 9.74. The van der Waals surface area contributed by atoms with E-state index in [2.05, 4.69) is 13.5 Å². The first-order chi connectivity index (χ1) is 11.8. The largest absolute Gasteiger partial charge is 0.295 e. The Morgan fingerprint density at radius 2 is 1.96 bits per heavy atom. The zero-order chi connectivity index (χ0) is 18.2. The quantitative estimate of drug-likeness (QED) is 0.755. The predicted octanol–water partition coefficient (Wildman–Crippen LogP) is 3.63. The van der Waals surface area contributed by atoms with Crippen molar-refractivity contribution < 1.29 is 13.2 Å². The Morgan fingerprint density at radius 1 is 1.28 bits per heavy atom. The average molecular weight is 359 g/mol. The van der Waals surface area contributed by atoms with Gasteiger partial charge in [-0.3, -0.25) is 4.79 Å². The van der Waals surface area contributed by atoms with Crippen molar-refractivity contribution in [1.29, 1.82) is 0 Å². The molecule has 5 heteroatoms. The van der Waals surface area contributed by atoms with E-state index < -0.39 is 15.6 Å². The lowest BCUT2D eigenvalue weighted by molar-refractivity contribution is -0.116. The van der Waals surface area contributed by atoms with Gasteiger partial charge in [-0.15, -0.1) is 0 Å². The standard InChI is InChI=1S/C20H25NO3S/c1-4-5-11-20-12-10-17(22)13-19(20)16(3)14-21(20)25(23,24)18-8-6-15(2)7-9-18/h6-10,12,19H,3-5,11,13-14H2,1-2H3/t19-,20-/m0/s1. The molecule has 2 atom stereocenters. The highest BCUT2D eigenvalue weighted by atomic mass is 32.2. The third-order valence-electron chi connectivity index (χ3n) is 5.41. The van der Waals surface area contributed by atoms with Gasteiger partial charge in [0.15, 0.2) is 5.78 Å². The zero-order valence-electron chi connectivity index (χ0n) is 14.9. The van der Waals surface area contributed by atoms with Gasteiger partial charge in [0.05, 0.1) is 10.4 Å². The maximum absolute atomic E-state index is 13.4. The third kappa shape index (κ3) is 3.00. The first-order valence-electron chi connectivity index (χ1n) is 8.80. The number of hydrogen-bond acceptors (Lipinski definition) is 3. The summed E-state index contributed by atoms with van der Waals surface area (Å²) in [6.07, 6.45) is 6.32. The van der Waals surface area contributed by atoms with E-state index in [1.165, 1.54) is 0 Å². The van der Waals surface area contributed by atoms with E-state index in [1.807, 2.05) is 25.1 Å². The maximum atomic E-state index is 13.4. The van der Waals surface area contributed by atoms with Crippen LogP contribution in [-0.4, -0.2) is 30.6 Å². The highest BCUT2D eigenvalue weighted by Gasteiger charge is 2.55. The molecule has 4 nitrogen and oxygen atoms in total. The average Bonchev–Trinajstić information content (AvgIpc) is 2.87. The van der Waals surface area contributed by atoms with Gasteiger partial charge >= 0.3 is 0 Å². The van der Waals surface area contributed by atoms with Gasteiger partial charge in [0.25, 0.3) is 0 Å². The van der Waals surface area contributed by atoms with Gasteiger partial charge in [-0.05, 0) is 31.6 Å². The molecule has 1 aromatic carbocycles. The van der Waals surface area contributed by atoms with E-state index >= 15 is 0 Å². The molecule has 1 fully saturated rings. The van der Waals surface area contributed by atoms with Gasteiger partial charge in [-0.1, -0.05) is 55.7 Å². The fraction of sp³-hybridized carbons (Fsp3) is 0.450. The zero-order valence-corrected chi connectivity index (χ0v) is 15.7. The number of sulfonamides is 1. The van der Waals surface area contributed by atoms with Crippen molar-refractivity contribution in [1.82, 2.24) is 4.31 Å². The highest BCUT2D eigenvalue weighted by Crippen LogP contribution is 2.49. The SMILES string of the molecule is C=C1CN(S(=O)(=O)c2ccc(C)cc2)[C@@]2(CCCC)C=CC(=O)C[C@@H]12. The normalized spacial score (nSPS) is 26.9. The van der Waals surface area contributed by atoms with Gasteiger partial charge < -0.3 is 0 Å². The first kappa shape index (κ1) is 18.1. The molecule has 1 aliphatic heterocycles. The minimum Gasteiger partial charge on any atom is -0.295 e. The molecule has 1 saturated heterocycles. The number of aryl methyl sites for hydroxylation is 1. The van der Waals surface area contributed by atoms with Crippen LogP contribution < -0.4 is 0 Å². The van der Waals surface area contributed by atoms with Crippen LogP contribution in [0.25, 0.3) is 0 Å². The summed E-state index contributed by atoms with van der Waals surface area (Å²) in [4.78, 5) is 12.2. The van der Waals surface area contributed by atoms with E-state index in [1.54, 1.807) is 22.5 Å². The van der Waals surface area contributed by atoms with Crippen molar-refractivity contribution in [2.24, 2.45) is 5.92 Å². The van der Waals surface area contributed by atoms with Crippen LogP contribution >= 0.6 is 0 Å². The van der Waals surface area contributed by atoms with Crippen molar-refractivity contribution >= 4 is 15.8 Å². The highest BCUT2D eigenvalue weighted by molar-refractivity contribution is 7.89. The van der Waals surface area contributed by atoms with Gasteiger partial charge in [-0.2, -0.15) is 4.31 Å². The monoisotopic (exact) mass is 359 g/mol. The number of ketones is 1. The van der Waals surface area contributed by atoms with E-state index in [0.29, 0.717) is 17.7 Å². The molecular weight excluding hydrogens is 334 g/mol. The molecule has 0 radical (unpaired) electrons. The van der Waals surface area contributed by atoms with E-state index in [0.717, 1.165) is 24.0 Å². The minimum atomic E-state index is -3.66. The molecule has 0 saturated carbocycles. The Morgan fingerprint density at radius 3 is 2.60 bits per heavy atom. The summed E-state index contributed by atoms with van der Waals surface area (Å²) in [5.41, 5.74) is 1.20. The summed E-state index contributed by atoms with van der Waals surface area (Å²) in [6.45, 7) is 8.41. The van der Waals surface area contributed by atoms with Crippen LogP contribution in [0.15, 0.2) is 53.5 Å². The predicted molar refractivity (Wildman–Crippen MR) is 98.7 cm³/mol. The Kier molecular flexibility index (Phi) is 4.73. The first-order valence-corrected chi connectivity index (χ1v) is 10.2. The van der Waals surface area contributed by atoms with E-state index in [-0.39, 0.29) is 18.2 Å². The Hall–Kier alpha value is -1.72. The summed E-state index contributed by atoms with van der Waals surface area (Å²) in [5.74, 6) is -0.0790. The number of allylic oxidation sites excluding steroid dienone is 1. The second-order valence-electron chi connectivity index (χ2n) is 7.13. The van der Waals surface area contributed by atoms with Crippen molar-refractivity contribution in [2.75, 3.05) is 6.54 Å². The van der Waals surface area contributed by atoms with Crippen LogP contribution in [-0.2, 0) is 14.8 Å². The van der Waals surface area contributed by atoms with Crippen LogP contribution in [0.4, 0.5) is 0 Å². The topological polar surface area (TPSA) is 54.5 Å². The molecule has 0 N–H and O–H groups in total. The number of fused-ring (bicyclic) bond motifs is 1. The van der Waals surface area contributed by atoms with E-state index in [4.69, 9.17) is 0 Å². The molecule has 134 valence electrons. The molecule has 0 unspecified atom stereocenters. The van der Waals surface area contributed by atoms with Crippen molar-refractivity contribution in [2.45, 2.75) is 50.0 Å². The molecular formula is C20H25NO3S. The van der Waals surface area contributed by atoms with Crippen molar-refractivity contribution in [3.8, 4) is 0 Å². The number of carbonyl (C=O) groups excluding carboxylic acids is 1. The van der Waals surface area contributed by atoms with Crippen LogP contribution in [0.3, 0.4) is 0 Å². The molecule has 1 aromatic rings. The molecule has 0 spiro atoms. The van der Waals surface area contributed by atoms with Crippen LogP contribution in [0.2, 0.25) is 0 Å². The summed E-state index contributed by atoms with van der Waals surface area (Å²) < 4.78 is 28.3. The smallest absolute Gasteiger partial charge is 0.244 e. The lowest BCUT2D eigenvalue weighted by Crippen LogP contribution is -2.51. The third-order valence-corrected chi connectivity index (χ3v) is 7.33. The molecule has 2 aliphatic rings. The lowest BCUT2D eigenvalue weighted by Gasteiger charge is -2.41. The second kappa shape index (κ2) is 6.54. The fourth-order valence-electron chi connectivity index (χ4n) is 3.98. The van der Waals surface area contributed by atoms with E-state index in [9.17, 15) is 13.2 Å². The van der Waals surface area contributed by atoms with Gasteiger partial charge in [-0.25, -0.2) is 8.42 Å². The number of hydrogen-bond donors (Lipinski definition) is 0. The summed E-state index contributed by atoms with van der Waals surface area (Å²) in [5, 5.41) is 0. The summed E-state index contributed by atoms with van der Waals surface area (Å²) in [6, 6.07) is 6.94. The fourth-order valence-corrected chi connectivity index (χ4v) is 5.78. The molecule has 0 amide bonds. The maximum Gasteiger partial charge on any atom is 0.244 e. The number of nitrogens with zero attached hydrogens (tertiary/aromatic N) is 1. The second-order valence-corrected chi connectivity index (χ2v) is 9.00. The molecule has 25 heavy (non-hydrogen) atoms. The van der Waals surface area contributed by atoms with Gasteiger partial charge in [0, 0.05) is 18.9 Å². The molecule has 1 aliphatic carbocycles. The van der Waals surface area contributed by atoms with Crippen LogP contribution in [0.1, 0.15) is 38.2 Å². The molecule has 0 bridgehead atoms. The molecule has 0 aromatic heterocycles. The summed E-state index contributed by atoms with van der Waals surface area (Å²) >= 11 is 0. The molecule has 1 heterocycles. The number of rotatable bonds is 5. The van der Waals surface area contributed by atoms with Gasteiger partial charge in [0.1, 0.15) is 0 Å². The number of unbranched alkanes of at least 4 members (excludes halogenated alkanes) is 1. The molecule has 3 rings (SSSR count). The van der Waals surface area contributed by atoms with Crippen molar-refractivity contribution in [3.05, 3.63) is 54.1 Å². The number of benzene rings is 1. The van der Waals surface area contributed by atoms with Crippen LogP contribution in [0.5, 0.6) is 0 Å². The summed E-state index contributed by atoms with van der Waals surface area (Å²) in [7, 11) is -3.66. The van der Waals surface area contributed by atoms with Gasteiger partial charge in [0.2, 0.25) is 10.0 Å².